The molecule has 0 bridgehead atoms. The molecule has 3 rings (SSSR count). The van der Waals surface area contributed by atoms with Gasteiger partial charge in [-0.2, -0.15) is 0 Å². The van der Waals surface area contributed by atoms with Crippen LogP contribution in [0.15, 0.2) is 65.1 Å². The molecule has 1 amide bonds. The van der Waals surface area contributed by atoms with Crippen molar-refractivity contribution in [1.29, 1.82) is 0 Å². The van der Waals surface area contributed by atoms with Crippen molar-refractivity contribution in [2.45, 2.75) is 0 Å². The maximum Gasteiger partial charge on any atom is 0.255 e. The molecule has 114 valence electrons. The number of furan rings is 1. The molecule has 3 aromatic rings. The number of nitrogens with one attached hydrogen (secondary N) is 1. The number of hydrogen-bond acceptors (Lipinski definition) is 3. The monoisotopic (exact) mass is 325 g/mol. The topological polar surface area (TPSA) is 59.3 Å². The molecule has 0 unspecified atom stereocenters. The van der Waals surface area contributed by atoms with E-state index in [2.05, 4.69) is 5.32 Å². The van der Waals surface area contributed by atoms with Crippen molar-refractivity contribution in [1.82, 2.24) is 0 Å². The van der Waals surface area contributed by atoms with Gasteiger partial charge in [0.2, 0.25) is 0 Å². The zero-order chi connectivity index (χ0) is 16.2. The summed E-state index contributed by atoms with van der Waals surface area (Å²) < 4.78 is 5.37. The molecule has 1 aromatic heterocycles. The summed E-state index contributed by atoms with van der Waals surface area (Å²) in [4.78, 5) is 23.0. The van der Waals surface area contributed by atoms with E-state index < -0.39 is 0 Å². The average molecular weight is 326 g/mol. The second-order valence-corrected chi connectivity index (χ2v) is 5.30. The minimum absolute atomic E-state index is 0.244. The van der Waals surface area contributed by atoms with Crippen LogP contribution in [0.5, 0.6) is 0 Å². The maximum atomic E-state index is 12.3. The first kappa shape index (κ1) is 15.1. The van der Waals surface area contributed by atoms with Crippen LogP contribution in [0, 0.1) is 0 Å². The lowest BCUT2D eigenvalue weighted by atomic mass is 10.1. The Labute approximate surface area is 137 Å². The molecule has 0 fully saturated rings. The van der Waals surface area contributed by atoms with Crippen LogP contribution in [0.2, 0.25) is 5.02 Å². The summed E-state index contributed by atoms with van der Waals surface area (Å²) in [5.74, 6) is 0.523. The average Bonchev–Trinajstić information content (AvgIpc) is 3.04. The van der Waals surface area contributed by atoms with Crippen LogP contribution in [0.25, 0.3) is 11.3 Å². The molecule has 2 aromatic carbocycles. The van der Waals surface area contributed by atoms with Gasteiger partial charge in [0.25, 0.3) is 5.91 Å². The van der Waals surface area contributed by atoms with Crippen molar-refractivity contribution in [3.63, 3.8) is 0 Å². The number of aldehydes is 1. The Morgan fingerprint density at radius 2 is 1.87 bits per heavy atom. The van der Waals surface area contributed by atoms with E-state index in [1.165, 1.54) is 0 Å². The number of anilines is 1. The van der Waals surface area contributed by atoms with E-state index in [1.54, 1.807) is 54.6 Å². The fourth-order valence-electron chi connectivity index (χ4n) is 2.15. The zero-order valence-corrected chi connectivity index (χ0v) is 12.7. The molecule has 1 heterocycles. The minimum atomic E-state index is -0.253. The first-order valence-corrected chi connectivity index (χ1v) is 7.26. The Morgan fingerprint density at radius 1 is 1.04 bits per heavy atom. The molecule has 23 heavy (non-hydrogen) atoms. The van der Waals surface area contributed by atoms with Gasteiger partial charge in [-0.05, 0) is 42.5 Å². The lowest BCUT2D eigenvalue weighted by molar-refractivity contribution is 0.102. The van der Waals surface area contributed by atoms with Crippen LogP contribution in [0.4, 0.5) is 5.69 Å². The maximum absolute atomic E-state index is 12.3. The second-order valence-electron chi connectivity index (χ2n) is 4.87. The summed E-state index contributed by atoms with van der Waals surface area (Å²) in [6.07, 6.45) is 0.638. The van der Waals surface area contributed by atoms with E-state index in [-0.39, 0.29) is 11.7 Å². The molecule has 0 saturated heterocycles. The lowest BCUT2D eigenvalue weighted by Gasteiger charge is -2.06. The van der Waals surface area contributed by atoms with E-state index in [0.29, 0.717) is 28.3 Å². The van der Waals surface area contributed by atoms with Gasteiger partial charge in [-0.1, -0.05) is 29.8 Å². The molecule has 0 aliphatic carbocycles. The summed E-state index contributed by atoms with van der Waals surface area (Å²) in [6, 6.07) is 17.2. The Hall–Kier alpha value is -2.85. The number of halogens is 1. The minimum Gasteiger partial charge on any atom is -0.453 e. The van der Waals surface area contributed by atoms with E-state index in [0.717, 1.165) is 5.56 Å². The molecular formula is C18H12ClNO3. The van der Waals surface area contributed by atoms with Gasteiger partial charge < -0.3 is 9.73 Å². The number of benzene rings is 2. The van der Waals surface area contributed by atoms with Crippen LogP contribution >= 0.6 is 11.6 Å². The van der Waals surface area contributed by atoms with Gasteiger partial charge in [0.15, 0.2) is 12.0 Å². The third-order valence-electron chi connectivity index (χ3n) is 3.23. The van der Waals surface area contributed by atoms with Crippen molar-refractivity contribution in [3.05, 3.63) is 77.0 Å². The molecule has 0 saturated carbocycles. The SMILES string of the molecule is O=Cc1ccc(-c2cccc(C(=O)Nc3cccc(Cl)c3)c2)o1. The van der Waals surface area contributed by atoms with E-state index in [1.807, 2.05) is 6.07 Å². The third kappa shape index (κ3) is 3.49. The van der Waals surface area contributed by atoms with Crippen LogP contribution in [0.3, 0.4) is 0 Å². The highest BCUT2D eigenvalue weighted by Crippen LogP contribution is 2.23. The fourth-order valence-corrected chi connectivity index (χ4v) is 2.34. The Bertz CT molecular complexity index is 870. The molecule has 0 aliphatic rings. The molecular weight excluding hydrogens is 314 g/mol. The number of rotatable bonds is 4. The first-order valence-electron chi connectivity index (χ1n) is 6.88. The summed E-state index contributed by atoms with van der Waals surface area (Å²) in [5, 5.41) is 3.33. The molecule has 0 atom stereocenters. The smallest absolute Gasteiger partial charge is 0.255 e. The number of amides is 1. The number of hydrogen-bond donors (Lipinski definition) is 1. The summed E-state index contributed by atoms with van der Waals surface area (Å²) in [5.41, 5.74) is 1.82. The van der Waals surface area contributed by atoms with Gasteiger partial charge in [-0.15, -0.1) is 0 Å². The Balaban J connectivity index is 1.84. The second kappa shape index (κ2) is 6.50. The first-order chi connectivity index (χ1) is 11.2. The number of carbonyl (C=O) groups is 2. The summed E-state index contributed by atoms with van der Waals surface area (Å²) in [6.45, 7) is 0. The molecule has 0 radical (unpaired) electrons. The molecule has 4 nitrogen and oxygen atoms in total. The van der Waals surface area contributed by atoms with Gasteiger partial charge >= 0.3 is 0 Å². The van der Waals surface area contributed by atoms with Crippen LogP contribution in [0.1, 0.15) is 20.9 Å². The highest BCUT2D eigenvalue weighted by Gasteiger charge is 2.10. The lowest BCUT2D eigenvalue weighted by Crippen LogP contribution is -2.11. The van der Waals surface area contributed by atoms with Crippen LogP contribution in [-0.4, -0.2) is 12.2 Å². The standard InChI is InChI=1S/C18H12ClNO3/c19-14-5-2-6-15(10-14)20-18(22)13-4-1-3-12(9-13)17-8-7-16(11-21)23-17/h1-11H,(H,20,22). The number of carbonyl (C=O) groups excluding carboxylic acids is 2. The Morgan fingerprint density at radius 3 is 2.61 bits per heavy atom. The van der Waals surface area contributed by atoms with Crippen molar-refractivity contribution in [2.24, 2.45) is 0 Å². The van der Waals surface area contributed by atoms with Crippen LogP contribution in [-0.2, 0) is 0 Å². The Kier molecular flexibility index (Phi) is 4.26. The fraction of sp³-hybridized carbons (Fsp3) is 0. The quantitative estimate of drug-likeness (QED) is 0.709. The van der Waals surface area contributed by atoms with E-state index >= 15 is 0 Å². The van der Waals surface area contributed by atoms with Gasteiger partial charge in [0, 0.05) is 21.8 Å². The van der Waals surface area contributed by atoms with Gasteiger partial charge in [-0.3, -0.25) is 9.59 Å². The van der Waals surface area contributed by atoms with Crippen molar-refractivity contribution >= 4 is 29.5 Å². The van der Waals surface area contributed by atoms with Crippen LogP contribution < -0.4 is 5.32 Å². The van der Waals surface area contributed by atoms with Gasteiger partial charge in [0.05, 0.1) is 0 Å². The molecule has 0 spiro atoms. The molecule has 1 N–H and O–H groups in total. The van der Waals surface area contributed by atoms with Crippen molar-refractivity contribution in [3.8, 4) is 11.3 Å². The largest absolute Gasteiger partial charge is 0.453 e. The van der Waals surface area contributed by atoms with Gasteiger partial charge in [0.1, 0.15) is 5.76 Å². The summed E-state index contributed by atoms with van der Waals surface area (Å²) in [7, 11) is 0. The normalized spacial score (nSPS) is 10.3. The third-order valence-corrected chi connectivity index (χ3v) is 3.47. The van der Waals surface area contributed by atoms with Crippen molar-refractivity contribution in [2.75, 3.05) is 5.32 Å². The molecule has 5 heteroatoms. The van der Waals surface area contributed by atoms with E-state index in [9.17, 15) is 9.59 Å². The highest BCUT2D eigenvalue weighted by atomic mass is 35.5. The molecule has 0 aliphatic heterocycles. The highest BCUT2D eigenvalue weighted by molar-refractivity contribution is 6.31. The zero-order valence-electron chi connectivity index (χ0n) is 12.0. The predicted molar refractivity (Wildman–Crippen MR) is 88.9 cm³/mol. The van der Waals surface area contributed by atoms with E-state index in [4.69, 9.17) is 16.0 Å². The van der Waals surface area contributed by atoms with Crippen molar-refractivity contribution < 1.29 is 14.0 Å². The van der Waals surface area contributed by atoms with Gasteiger partial charge in [-0.25, -0.2) is 0 Å². The predicted octanol–water partition coefficient (Wildman–Crippen LogP) is 4.66. The summed E-state index contributed by atoms with van der Waals surface area (Å²) >= 11 is 5.90.